The van der Waals surface area contributed by atoms with E-state index in [2.05, 4.69) is 52.8 Å². The molecule has 1 aliphatic rings. The molecule has 4 heteroatoms. The summed E-state index contributed by atoms with van der Waals surface area (Å²) in [6.45, 7) is 4.41. The van der Waals surface area contributed by atoms with Gasteiger partial charge in [0.2, 0.25) is 0 Å². The van der Waals surface area contributed by atoms with Crippen molar-refractivity contribution < 1.29 is 0 Å². The van der Waals surface area contributed by atoms with E-state index in [9.17, 15) is 0 Å². The second-order valence-corrected chi connectivity index (χ2v) is 6.18. The monoisotopic (exact) mass is 311 g/mol. The predicted molar refractivity (Wildman–Crippen MR) is 82.2 cm³/mol. The lowest BCUT2D eigenvalue weighted by molar-refractivity contribution is 0.248. The smallest absolute Gasteiger partial charge is 0.0515 e. The molecule has 0 amide bonds. The van der Waals surface area contributed by atoms with Crippen LogP contribution in [-0.2, 0) is 0 Å². The molecule has 1 unspecified atom stereocenters. The van der Waals surface area contributed by atoms with Crippen molar-refractivity contribution in [2.45, 2.75) is 25.8 Å². The first kappa shape index (κ1) is 13.7. The number of likely N-dealkylation sites (N-methyl/N-ethyl adjacent to an activating group) is 2. The third-order valence-electron chi connectivity index (χ3n) is 3.86. The van der Waals surface area contributed by atoms with Crippen molar-refractivity contribution in [1.82, 2.24) is 4.90 Å². The Morgan fingerprint density at radius 1 is 1.44 bits per heavy atom. The van der Waals surface area contributed by atoms with Crippen molar-refractivity contribution in [3.8, 4) is 0 Å². The van der Waals surface area contributed by atoms with Gasteiger partial charge in [0.05, 0.1) is 5.69 Å². The fourth-order valence-electron chi connectivity index (χ4n) is 2.60. The molecule has 3 nitrogen and oxygen atoms in total. The van der Waals surface area contributed by atoms with Gasteiger partial charge in [-0.2, -0.15) is 0 Å². The Labute approximate surface area is 118 Å². The summed E-state index contributed by atoms with van der Waals surface area (Å²) in [6, 6.07) is 4.77. The summed E-state index contributed by atoms with van der Waals surface area (Å²) in [4.78, 5) is 4.79. The second-order valence-electron chi connectivity index (χ2n) is 5.33. The molecule has 1 aromatic rings. The molecular formula is C14H22BrN3. The lowest BCUT2D eigenvalue weighted by atomic mass is 10.0. The number of anilines is 2. The first-order chi connectivity index (χ1) is 8.49. The van der Waals surface area contributed by atoms with Crippen LogP contribution in [0.4, 0.5) is 11.4 Å². The van der Waals surface area contributed by atoms with Crippen LogP contribution in [0.1, 0.15) is 18.4 Å². The Bertz CT molecular complexity index is 433. The Morgan fingerprint density at radius 2 is 2.17 bits per heavy atom. The van der Waals surface area contributed by atoms with Crippen LogP contribution < -0.4 is 10.6 Å². The standard InChI is InChI=1S/C14H22BrN3/c1-10-7-14(12(15)8-13(10)16)18(3)11-5-4-6-17(2)9-11/h7-8,11H,4-6,9,16H2,1-3H3. The number of piperidine rings is 1. The van der Waals surface area contributed by atoms with Crippen LogP contribution in [0.2, 0.25) is 0 Å². The minimum Gasteiger partial charge on any atom is -0.398 e. The minimum atomic E-state index is 0.586. The van der Waals surface area contributed by atoms with Crippen molar-refractivity contribution in [3.05, 3.63) is 22.2 Å². The highest BCUT2D eigenvalue weighted by Gasteiger charge is 2.22. The van der Waals surface area contributed by atoms with Crippen molar-refractivity contribution in [3.63, 3.8) is 0 Å². The number of nitrogens with two attached hydrogens (primary N) is 1. The summed E-state index contributed by atoms with van der Waals surface area (Å²) in [6.07, 6.45) is 2.54. The molecule has 0 spiro atoms. The normalized spacial score (nSPS) is 21.0. The van der Waals surface area contributed by atoms with Crippen molar-refractivity contribution in [1.29, 1.82) is 0 Å². The van der Waals surface area contributed by atoms with Crippen LogP contribution in [0.3, 0.4) is 0 Å². The van der Waals surface area contributed by atoms with Crippen LogP contribution in [0.5, 0.6) is 0 Å². The van der Waals surface area contributed by atoms with Gasteiger partial charge in [-0.1, -0.05) is 0 Å². The topological polar surface area (TPSA) is 32.5 Å². The number of likely N-dealkylation sites (tertiary alicyclic amines) is 1. The van der Waals surface area contributed by atoms with E-state index in [0.717, 1.165) is 22.3 Å². The van der Waals surface area contributed by atoms with Crippen LogP contribution in [0.15, 0.2) is 16.6 Å². The number of aryl methyl sites for hydroxylation is 1. The Morgan fingerprint density at radius 3 is 2.83 bits per heavy atom. The molecule has 1 aliphatic heterocycles. The average Bonchev–Trinajstić information content (AvgIpc) is 2.33. The highest BCUT2D eigenvalue weighted by atomic mass is 79.9. The quantitative estimate of drug-likeness (QED) is 0.852. The number of hydrogen-bond acceptors (Lipinski definition) is 3. The fourth-order valence-corrected chi connectivity index (χ4v) is 3.24. The number of halogens is 1. The molecule has 0 saturated carbocycles. The number of benzene rings is 1. The lowest BCUT2D eigenvalue weighted by Crippen LogP contribution is -2.45. The molecule has 2 N–H and O–H groups in total. The summed E-state index contributed by atoms with van der Waals surface area (Å²) in [7, 11) is 4.38. The van der Waals surface area contributed by atoms with Crippen molar-refractivity contribution in [2.24, 2.45) is 0 Å². The van der Waals surface area contributed by atoms with Gasteiger partial charge in [-0.3, -0.25) is 0 Å². The molecule has 2 rings (SSSR count). The van der Waals surface area contributed by atoms with Gasteiger partial charge in [0.1, 0.15) is 0 Å². The average molecular weight is 312 g/mol. The zero-order chi connectivity index (χ0) is 13.3. The van der Waals surface area contributed by atoms with Crippen LogP contribution in [-0.4, -0.2) is 38.1 Å². The maximum Gasteiger partial charge on any atom is 0.0515 e. The molecule has 1 heterocycles. The second kappa shape index (κ2) is 5.49. The van der Waals surface area contributed by atoms with Crippen LogP contribution >= 0.6 is 15.9 Å². The maximum atomic E-state index is 5.93. The Kier molecular flexibility index (Phi) is 4.17. The largest absolute Gasteiger partial charge is 0.398 e. The third kappa shape index (κ3) is 2.81. The summed E-state index contributed by atoms with van der Waals surface area (Å²) in [5, 5.41) is 0. The zero-order valence-corrected chi connectivity index (χ0v) is 13.0. The van der Waals surface area contributed by atoms with Crippen LogP contribution in [0, 0.1) is 6.92 Å². The molecule has 100 valence electrons. The minimum absolute atomic E-state index is 0.586. The highest BCUT2D eigenvalue weighted by molar-refractivity contribution is 9.10. The van der Waals surface area contributed by atoms with Gasteiger partial charge in [0.15, 0.2) is 0 Å². The van der Waals surface area contributed by atoms with E-state index in [1.54, 1.807) is 0 Å². The van der Waals surface area contributed by atoms with E-state index in [0.29, 0.717) is 6.04 Å². The van der Waals surface area contributed by atoms with E-state index >= 15 is 0 Å². The number of hydrogen-bond donors (Lipinski definition) is 1. The molecule has 1 atom stereocenters. The van der Waals surface area contributed by atoms with Crippen molar-refractivity contribution in [2.75, 3.05) is 37.8 Å². The molecule has 1 aromatic carbocycles. The van der Waals surface area contributed by atoms with Gasteiger partial charge in [-0.05, 0) is 67.0 Å². The lowest BCUT2D eigenvalue weighted by Gasteiger charge is -2.37. The molecule has 1 saturated heterocycles. The van der Waals surface area contributed by atoms with Gasteiger partial charge in [0, 0.05) is 29.8 Å². The molecule has 0 bridgehead atoms. The number of rotatable bonds is 2. The summed E-state index contributed by atoms with van der Waals surface area (Å²) in [5.41, 5.74) is 9.16. The Balaban J connectivity index is 2.22. The van der Waals surface area contributed by atoms with Gasteiger partial charge in [0.25, 0.3) is 0 Å². The molecule has 0 radical (unpaired) electrons. The molecule has 18 heavy (non-hydrogen) atoms. The molecule has 0 aromatic heterocycles. The number of nitrogens with zero attached hydrogens (tertiary/aromatic N) is 2. The molecular weight excluding hydrogens is 290 g/mol. The van der Waals surface area contributed by atoms with Gasteiger partial charge < -0.3 is 15.5 Å². The fraction of sp³-hybridized carbons (Fsp3) is 0.571. The van der Waals surface area contributed by atoms with Gasteiger partial charge in [-0.25, -0.2) is 0 Å². The summed E-state index contributed by atoms with van der Waals surface area (Å²) in [5.74, 6) is 0. The van der Waals surface area contributed by atoms with E-state index in [1.165, 1.54) is 25.1 Å². The van der Waals surface area contributed by atoms with E-state index < -0.39 is 0 Å². The molecule has 0 aliphatic carbocycles. The van der Waals surface area contributed by atoms with E-state index in [4.69, 9.17) is 5.73 Å². The Hall–Kier alpha value is -0.740. The first-order valence-corrected chi connectivity index (χ1v) is 7.25. The summed E-state index contributed by atoms with van der Waals surface area (Å²) >= 11 is 3.63. The molecule has 1 fully saturated rings. The van der Waals surface area contributed by atoms with Crippen LogP contribution in [0.25, 0.3) is 0 Å². The predicted octanol–water partition coefficient (Wildman–Crippen LogP) is 2.87. The zero-order valence-electron chi connectivity index (χ0n) is 11.4. The third-order valence-corrected chi connectivity index (χ3v) is 4.50. The van der Waals surface area contributed by atoms with Gasteiger partial charge >= 0.3 is 0 Å². The summed E-state index contributed by atoms with van der Waals surface area (Å²) < 4.78 is 1.08. The van der Waals surface area contributed by atoms with E-state index in [-0.39, 0.29) is 0 Å². The van der Waals surface area contributed by atoms with Crippen molar-refractivity contribution >= 4 is 27.3 Å². The maximum absolute atomic E-state index is 5.93. The first-order valence-electron chi connectivity index (χ1n) is 6.46. The van der Waals surface area contributed by atoms with E-state index in [1.807, 2.05) is 6.07 Å². The van der Waals surface area contributed by atoms with Gasteiger partial charge in [-0.15, -0.1) is 0 Å². The highest BCUT2D eigenvalue weighted by Crippen LogP contribution is 2.32. The SMILES string of the molecule is Cc1cc(N(C)C2CCCN(C)C2)c(Br)cc1N. The number of nitrogen functional groups attached to an aromatic ring is 1.